The second-order valence-corrected chi connectivity index (χ2v) is 5.02. The minimum absolute atomic E-state index is 0. The zero-order chi connectivity index (χ0) is 12.4. The van der Waals surface area contributed by atoms with E-state index >= 15 is 0 Å². The molecule has 0 aliphatic carbocycles. The monoisotopic (exact) mass is 357 g/mol. The number of esters is 1. The van der Waals surface area contributed by atoms with E-state index in [0.29, 0.717) is 13.0 Å². The molecule has 0 amide bonds. The van der Waals surface area contributed by atoms with E-state index in [4.69, 9.17) is 4.74 Å². The first-order chi connectivity index (χ1) is 7.52. The van der Waals surface area contributed by atoms with Gasteiger partial charge in [0.1, 0.15) is 0 Å². The van der Waals surface area contributed by atoms with E-state index in [2.05, 4.69) is 21.0 Å². The highest BCUT2D eigenvalue weighted by molar-refractivity contribution is 5.68. The van der Waals surface area contributed by atoms with E-state index < -0.39 is 0 Å². The first-order valence-corrected chi connectivity index (χ1v) is 6.49. The molecule has 17 heavy (non-hydrogen) atoms. The number of carbonyl (C=O) groups is 1. The van der Waals surface area contributed by atoms with Crippen molar-refractivity contribution in [1.82, 2.24) is 0 Å². The lowest BCUT2D eigenvalue weighted by Crippen LogP contribution is -3.00. The third-order valence-corrected chi connectivity index (χ3v) is 2.83. The number of unbranched alkanes of at least 4 members (excludes halogenated alkanes) is 2. The van der Waals surface area contributed by atoms with Crippen molar-refractivity contribution in [2.45, 2.75) is 46.0 Å². The van der Waals surface area contributed by atoms with Gasteiger partial charge in [0.2, 0.25) is 0 Å². The summed E-state index contributed by atoms with van der Waals surface area (Å²) >= 11 is 0. The van der Waals surface area contributed by atoms with Crippen LogP contribution in [0.5, 0.6) is 0 Å². The molecule has 0 saturated heterocycles. The Bertz CT molecular complexity index is 196. The Kier molecular flexibility index (Phi) is 12.9. The van der Waals surface area contributed by atoms with Crippen LogP contribution in [0.1, 0.15) is 46.0 Å². The summed E-state index contributed by atoms with van der Waals surface area (Å²) < 4.78 is 6.09. The van der Waals surface area contributed by atoms with Crippen LogP contribution < -0.4 is 24.0 Å². The van der Waals surface area contributed by atoms with Gasteiger partial charge in [-0.05, 0) is 12.8 Å². The van der Waals surface area contributed by atoms with Crippen molar-refractivity contribution in [3.63, 3.8) is 0 Å². The summed E-state index contributed by atoms with van der Waals surface area (Å²) in [6.07, 6.45) is 5.32. The maximum absolute atomic E-state index is 10.9. The first kappa shape index (κ1) is 19.5. The van der Waals surface area contributed by atoms with E-state index in [0.717, 1.165) is 17.4 Å². The maximum Gasteiger partial charge on any atom is 0.305 e. The second kappa shape index (κ2) is 11.3. The van der Waals surface area contributed by atoms with Crippen molar-refractivity contribution in [2.75, 3.05) is 33.8 Å². The van der Waals surface area contributed by atoms with E-state index in [1.54, 1.807) is 0 Å². The molecule has 0 unspecified atom stereocenters. The topological polar surface area (TPSA) is 26.3 Å². The molecule has 0 fully saturated rings. The molecule has 0 N–H and O–H groups in total. The third kappa shape index (κ3) is 12.4. The normalized spacial score (nSPS) is 10.8. The van der Waals surface area contributed by atoms with Crippen LogP contribution in [0.3, 0.4) is 0 Å². The summed E-state index contributed by atoms with van der Waals surface area (Å²) in [5, 5.41) is 0. The summed E-state index contributed by atoms with van der Waals surface area (Å²) in [5.74, 6) is -0.0868. The zero-order valence-electron chi connectivity index (χ0n) is 11.8. The first-order valence-electron chi connectivity index (χ1n) is 6.49. The lowest BCUT2D eigenvalue weighted by molar-refractivity contribution is -0.890. The van der Waals surface area contributed by atoms with E-state index in [1.165, 1.54) is 25.8 Å². The van der Waals surface area contributed by atoms with Crippen molar-refractivity contribution in [2.24, 2.45) is 0 Å². The average molecular weight is 357 g/mol. The highest BCUT2D eigenvalue weighted by Gasteiger charge is 2.13. The summed E-state index contributed by atoms with van der Waals surface area (Å²) in [5.41, 5.74) is 0. The molecule has 0 spiro atoms. The molecule has 0 aromatic rings. The fourth-order valence-electron chi connectivity index (χ4n) is 1.68. The summed E-state index contributed by atoms with van der Waals surface area (Å²) in [4.78, 5) is 10.9. The van der Waals surface area contributed by atoms with Crippen LogP contribution in [-0.2, 0) is 9.53 Å². The van der Waals surface area contributed by atoms with Crippen LogP contribution in [0.15, 0.2) is 0 Å². The van der Waals surface area contributed by atoms with Crippen LogP contribution in [0.2, 0.25) is 0 Å². The van der Waals surface area contributed by atoms with E-state index in [1.807, 2.05) is 6.92 Å². The van der Waals surface area contributed by atoms with Gasteiger partial charge in [-0.3, -0.25) is 4.79 Å². The molecule has 0 aliphatic rings. The van der Waals surface area contributed by atoms with E-state index in [-0.39, 0.29) is 29.9 Å². The molecule has 0 rings (SSSR count). The van der Waals surface area contributed by atoms with Gasteiger partial charge in [0.05, 0.1) is 33.8 Å². The van der Waals surface area contributed by atoms with Gasteiger partial charge in [0, 0.05) is 12.8 Å². The molecule has 0 atom stereocenters. The molecule has 4 heteroatoms. The Labute approximate surface area is 124 Å². The van der Waals surface area contributed by atoms with Gasteiger partial charge in [0.15, 0.2) is 0 Å². The molecule has 0 heterocycles. The van der Waals surface area contributed by atoms with Crippen molar-refractivity contribution in [1.29, 1.82) is 0 Å². The molecule has 0 saturated carbocycles. The predicted molar refractivity (Wildman–Crippen MR) is 67.2 cm³/mol. The highest BCUT2D eigenvalue weighted by atomic mass is 127. The van der Waals surface area contributed by atoms with Crippen molar-refractivity contribution in [3.8, 4) is 0 Å². The number of hydrogen-bond acceptors (Lipinski definition) is 2. The summed E-state index contributed by atoms with van der Waals surface area (Å²) in [7, 11) is 4.49. The average Bonchev–Trinajstić information content (AvgIpc) is 2.24. The number of hydrogen-bond donors (Lipinski definition) is 0. The molecule has 0 aromatic heterocycles. The van der Waals surface area contributed by atoms with Gasteiger partial charge < -0.3 is 33.2 Å². The number of halogens is 1. The SMILES string of the molecule is CCCCC[N+](C)(C)CCCOC(=O)CC.[I-]. The summed E-state index contributed by atoms with van der Waals surface area (Å²) in [6.45, 7) is 6.93. The van der Waals surface area contributed by atoms with Gasteiger partial charge in [-0.25, -0.2) is 0 Å². The Morgan fingerprint density at radius 1 is 1.06 bits per heavy atom. The fraction of sp³-hybridized carbons (Fsp3) is 0.923. The fourth-order valence-corrected chi connectivity index (χ4v) is 1.68. The lowest BCUT2D eigenvalue weighted by Gasteiger charge is -2.29. The highest BCUT2D eigenvalue weighted by Crippen LogP contribution is 2.05. The lowest BCUT2D eigenvalue weighted by atomic mass is 10.2. The van der Waals surface area contributed by atoms with Crippen LogP contribution in [-0.4, -0.2) is 44.2 Å². The second-order valence-electron chi connectivity index (χ2n) is 5.02. The van der Waals surface area contributed by atoms with Gasteiger partial charge >= 0.3 is 5.97 Å². The molecule has 104 valence electrons. The molecule has 0 aromatic carbocycles. The van der Waals surface area contributed by atoms with Gasteiger partial charge in [-0.15, -0.1) is 0 Å². The predicted octanol–water partition coefficient (Wildman–Crippen LogP) is -0.400. The number of ether oxygens (including phenoxy) is 1. The zero-order valence-corrected chi connectivity index (χ0v) is 14.0. The Balaban J connectivity index is 0. The Hall–Kier alpha value is 0.160. The standard InChI is InChI=1S/C13H28NO2.HI/c1-5-7-8-10-14(3,4)11-9-12-16-13(15)6-2;/h5-12H2,1-4H3;1H/q+1;/p-1. The quantitative estimate of drug-likeness (QED) is 0.243. The maximum atomic E-state index is 10.9. The number of carbonyl (C=O) groups excluding carboxylic acids is 1. The van der Waals surface area contributed by atoms with Gasteiger partial charge in [-0.2, -0.15) is 0 Å². The van der Waals surface area contributed by atoms with Crippen LogP contribution >= 0.6 is 0 Å². The number of nitrogens with zero attached hydrogens (tertiary/aromatic N) is 1. The Morgan fingerprint density at radius 3 is 2.18 bits per heavy atom. The third-order valence-electron chi connectivity index (χ3n) is 2.83. The van der Waals surface area contributed by atoms with Crippen LogP contribution in [0.25, 0.3) is 0 Å². The molecule has 0 bridgehead atoms. The minimum Gasteiger partial charge on any atom is -1.00 e. The van der Waals surface area contributed by atoms with Crippen molar-refractivity contribution < 1.29 is 38.0 Å². The molecule has 0 aliphatic heterocycles. The largest absolute Gasteiger partial charge is 1.00 e. The molecule has 3 nitrogen and oxygen atoms in total. The molecule has 0 radical (unpaired) electrons. The minimum atomic E-state index is -0.0868. The van der Waals surface area contributed by atoms with E-state index in [9.17, 15) is 4.79 Å². The van der Waals surface area contributed by atoms with Gasteiger partial charge in [0.25, 0.3) is 0 Å². The van der Waals surface area contributed by atoms with Gasteiger partial charge in [-0.1, -0.05) is 20.3 Å². The molecular weight excluding hydrogens is 329 g/mol. The summed E-state index contributed by atoms with van der Waals surface area (Å²) in [6, 6.07) is 0. The van der Waals surface area contributed by atoms with Crippen LogP contribution in [0, 0.1) is 0 Å². The smallest absolute Gasteiger partial charge is 0.305 e. The number of quaternary nitrogens is 1. The van der Waals surface area contributed by atoms with Crippen molar-refractivity contribution in [3.05, 3.63) is 0 Å². The number of rotatable bonds is 9. The molecular formula is C13H28INO2. The van der Waals surface area contributed by atoms with Crippen molar-refractivity contribution >= 4 is 5.97 Å². The Morgan fingerprint density at radius 2 is 1.65 bits per heavy atom. The van der Waals surface area contributed by atoms with Crippen LogP contribution in [0.4, 0.5) is 0 Å².